The zero-order chi connectivity index (χ0) is 16.9. The molecule has 0 spiro atoms. The number of nitriles is 1. The van der Waals surface area contributed by atoms with Crippen molar-refractivity contribution in [3.8, 4) is 6.07 Å². The Morgan fingerprint density at radius 2 is 2.21 bits per heavy atom. The molecule has 6 heteroatoms. The van der Waals surface area contributed by atoms with E-state index in [9.17, 15) is 0 Å². The quantitative estimate of drug-likeness (QED) is 0.874. The Kier molecular flexibility index (Phi) is 5.69. The minimum absolute atomic E-state index is 0.383. The van der Waals surface area contributed by atoms with E-state index in [0.717, 1.165) is 45.1 Å². The number of nitrogens with zero attached hydrogens (tertiary/aromatic N) is 3. The van der Waals surface area contributed by atoms with E-state index in [2.05, 4.69) is 40.7 Å². The number of thiophene rings is 1. The fourth-order valence-corrected chi connectivity index (χ4v) is 4.03. The van der Waals surface area contributed by atoms with E-state index < -0.39 is 0 Å². The third-order valence-electron chi connectivity index (χ3n) is 4.77. The lowest BCUT2D eigenvalue weighted by molar-refractivity contribution is 0.0168. The molecule has 24 heavy (non-hydrogen) atoms. The first-order valence-corrected chi connectivity index (χ1v) is 9.20. The van der Waals surface area contributed by atoms with Gasteiger partial charge in [-0.05, 0) is 30.0 Å². The molecular weight excluding hydrogens is 320 g/mol. The van der Waals surface area contributed by atoms with E-state index in [1.54, 1.807) is 0 Å². The summed E-state index contributed by atoms with van der Waals surface area (Å²) in [4.78, 5) is 3.90. The summed E-state index contributed by atoms with van der Waals surface area (Å²) in [5.41, 5.74) is 3.06. The molecule has 0 radical (unpaired) electrons. The molecule has 0 bridgehead atoms. The van der Waals surface area contributed by atoms with Crippen LogP contribution in [-0.2, 0) is 18.3 Å². The molecule has 2 aromatic rings. The molecule has 0 saturated carbocycles. The van der Waals surface area contributed by atoms with Crippen LogP contribution in [0.5, 0.6) is 0 Å². The maximum Gasteiger partial charge on any atom is 0.120 e. The Hall–Kier alpha value is -1.65. The third-order valence-corrected chi connectivity index (χ3v) is 5.74. The molecule has 3 rings (SSSR count). The fourth-order valence-electron chi connectivity index (χ4n) is 3.17. The van der Waals surface area contributed by atoms with Crippen LogP contribution in [0.25, 0.3) is 0 Å². The molecule has 1 fully saturated rings. The van der Waals surface area contributed by atoms with Crippen molar-refractivity contribution < 1.29 is 4.74 Å². The van der Waals surface area contributed by atoms with Gasteiger partial charge in [-0.3, -0.25) is 4.90 Å². The molecule has 1 saturated heterocycles. The van der Waals surface area contributed by atoms with Crippen LogP contribution in [0.1, 0.15) is 27.9 Å². The Balaban J connectivity index is 1.65. The predicted octanol–water partition coefficient (Wildman–Crippen LogP) is 2.43. The lowest BCUT2D eigenvalue weighted by atomic mass is 10.1. The zero-order valence-electron chi connectivity index (χ0n) is 14.3. The Bertz CT molecular complexity index is 695. The molecule has 1 N–H and O–H groups in total. The predicted molar refractivity (Wildman–Crippen MR) is 96.0 cm³/mol. The highest BCUT2D eigenvalue weighted by molar-refractivity contribution is 7.10. The van der Waals surface area contributed by atoms with Crippen LogP contribution >= 0.6 is 11.3 Å². The highest BCUT2D eigenvalue weighted by atomic mass is 32.1. The van der Waals surface area contributed by atoms with Crippen molar-refractivity contribution in [1.82, 2.24) is 14.8 Å². The van der Waals surface area contributed by atoms with E-state index in [-0.39, 0.29) is 0 Å². The van der Waals surface area contributed by atoms with Gasteiger partial charge < -0.3 is 14.6 Å². The first kappa shape index (κ1) is 17.2. The van der Waals surface area contributed by atoms with Crippen molar-refractivity contribution in [2.75, 3.05) is 32.8 Å². The van der Waals surface area contributed by atoms with Gasteiger partial charge in [0.2, 0.25) is 0 Å². The number of hydrogen-bond donors (Lipinski definition) is 1. The highest BCUT2D eigenvalue weighted by Gasteiger charge is 2.23. The summed E-state index contributed by atoms with van der Waals surface area (Å²) in [7, 11) is 1.94. The van der Waals surface area contributed by atoms with Crippen molar-refractivity contribution in [1.29, 1.82) is 5.26 Å². The lowest BCUT2D eigenvalue weighted by Crippen LogP contribution is -2.42. The summed E-state index contributed by atoms with van der Waals surface area (Å²) < 4.78 is 7.45. The van der Waals surface area contributed by atoms with Gasteiger partial charge in [-0.2, -0.15) is 5.26 Å². The maximum atomic E-state index is 9.16. The van der Waals surface area contributed by atoms with Crippen molar-refractivity contribution in [2.45, 2.75) is 19.5 Å². The largest absolute Gasteiger partial charge is 0.379 e. The summed E-state index contributed by atoms with van der Waals surface area (Å²) in [6.45, 7) is 7.33. The second-order valence-electron chi connectivity index (χ2n) is 6.12. The molecule has 2 aromatic heterocycles. The summed E-state index contributed by atoms with van der Waals surface area (Å²) in [6.07, 6.45) is 0. The first-order chi connectivity index (χ1) is 11.7. The lowest BCUT2D eigenvalue weighted by Gasteiger charge is -2.34. The average molecular weight is 344 g/mol. The number of morpholine rings is 1. The van der Waals surface area contributed by atoms with Crippen LogP contribution in [0, 0.1) is 18.3 Å². The van der Waals surface area contributed by atoms with Gasteiger partial charge in [0, 0.05) is 43.8 Å². The molecule has 1 atom stereocenters. The van der Waals surface area contributed by atoms with Gasteiger partial charge in [0.25, 0.3) is 0 Å². The van der Waals surface area contributed by atoms with Crippen LogP contribution in [0.4, 0.5) is 0 Å². The third kappa shape index (κ3) is 3.70. The van der Waals surface area contributed by atoms with Crippen molar-refractivity contribution in [3.63, 3.8) is 0 Å². The molecular formula is C18H24N4OS. The minimum atomic E-state index is 0.383. The molecule has 0 unspecified atom stereocenters. The van der Waals surface area contributed by atoms with Gasteiger partial charge in [-0.25, -0.2) is 0 Å². The monoisotopic (exact) mass is 344 g/mol. The van der Waals surface area contributed by atoms with Crippen LogP contribution in [0.2, 0.25) is 0 Å². The summed E-state index contributed by atoms with van der Waals surface area (Å²) in [5, 5.41) is 14.9. The second kappa shape index (κ2) is 7.95. The molecule has 3 heterocycles. The van der Waals surface area contributed by atoms with Gasteiger partial charge in [0.1, 0.15) is 11.8 Å². The van der Waals surface area contributed by atoms with Crippen LogP contribution in [-0.4, -0.2) is 42.3 Å². The van der Waals surface area contributed by atoms with Gasteiger partial charge in [0.15, 0.2) is 0 Å². The molecule has 1 aliphatic rings. The number of hydrogen-bond acceptors (Lipinski definition) is 5. The molecule has 5 nitrogen and oxygen atoms in total. The molecule has 128 valence electrons. The Morgan fingerprint density at radius 1 is 1.42 bits per heavy atom. The SMILES string of the molecule is Cc1c(CNC[C@H](c2cccs2)N2CCOCC2)cc(C#N)n1C. The van der Waals surface area contributed by atoms with E-state index in [4.69, 9.17) is 10.00 Å². The van der Waals surface area contributed by atoms with E-state index in [1.165, 1.54) is 10.4 Å². The average Bonchev–Trinajstić information content (AvgIpc) is 3.23. The standard InChI is InChI=1S/C18H24N4OS/c1-14-15(10-16(11-19)21(14)2)12-20-13-17(18-4-3-9-24-18)22-5-7-23-8-6-22/h3-4,9-10,17,20H,5-8,12-13H2,1-2H3/t17-/m1/s1. The van der Waals surface area contributed by atoms with Crippen LogP contribution < -0.4 is 5.32 Å². The van der Waals surface area contributed by atoms with Gasteiger partial charge in [0.05, 0.1) is 19.3 Å². The first-order valence-electron chi connectivity index (χ1n) is 8.32. The summed E-state index contributed by atoms with van der Waals surface area (Å²) >= 11 is 1.81. The smallest absolute Gasteiger partial charge is 0.120 e. The molecule has 0 aliphatic carbocycles. The summed E-state index contributed by atoms with van der Waals surface area (Å²) in [6, 6.07) is 8.95. The number of nitrogens with one attached hydrogen (secondary N) is 1. The number of rotatable bonds is 6. The summed E-state index contributed by atoms with van der Waals surface area (Å²) in [5.74, 6) is 0. The number of aromatic nitrogens is 1. The second-order valence-corrected chi connectivity index (χ2v) is 7.10. The normalized spacial score (nSPS) is 16.9. The van der Waals surface area contributed by atoms with Crippen LogP contribution in [0.3, 0.4) is 0 Å². The van der Waals surface area contributed by atoms with Gasteiger partial charge >= 0.3 is 0 Å². The van der Waals surface area contributed by atoms with Crippen molar-refractivity contribution >= 4 is 11.3 Å². The molecule has 0 amide bonds. The fraction of sp³-hybridized carbons (Fsp3) is 0.500. The number of ether oxygens (including phenoxy) is 1. The molecule has 1 aliphatic heterocycles. The van der Waals surface area contributed by atoms with Crippen molar-refractivity contribution in [2.24, 2.45) is 7.05 Å². The van der Waals surface area contributed by atoms with Gasteiger partial charge in [-0.1, -0.05) is 6.07 Å². The molecule has 0 aromatic carbocycles. The van der Waals surface area contributed by atoms with Crippen molar-refractivity contribution in [3.05, 3.63) is 45.4 Å². The van der Waals surface area contributed by atoms with Crippen LogP contribution in [0.15, 0.2) is 23.6 Å². The highest BCUT2D eigenvalue weighted by Crippen LogP contribution is 2.25. The van der Waals surface area contributed by atoms with E-state index in [1.807, 2.05) is 29.0 Å². The Morgan fingerprint density at radius 3 is 2.83 bits per heavy atom. The van der Waals surface area contributed by atoms with E-state index in [0.29, 0.717) is 11.7 Å². The van der Waals surface area contributed by atoms with E-state index >= 15 is 0 Å². The van der Waals surface area contributed by atoms with Gasteiger partial charge in [-0.15, -0.1) is 11.3 Å². The Labute approximate surface area is 147 Å². The minimum Gasteiger partial charge on any atom is -0.379 e. The zero-order valence-corrected chi connectivity index (χ0v) is 15.1. The maximum absolute atomic E-state index is 9.16. The topological polar surface area (TPSA) is 53.2 Å².